The molecule has 0 radical (unpaired) electrons. The maximum Gasteiger partial charge on any atom is 0.356 e. The van der Waals surface area contributed by atoms with Gasteiger partial charge in [-0.3, -0.25) is 24.2 Å². The number of phenols is 2. The molecular weight excluding hydrogens is 677 g/mol. The summed E-state index contributed by atoms with van der Waals surface area (Å²) in [7, 11) is 1.32. The highest BCUT2D eigenvalue weighted by atomic mass is 35.5. The summed E-state index contributed by atoms with van der Waals surface area (Å²) in [5.41, 5.74) is 0.718. The van der Waals surface area contributed by atoms with E-state index in [2.05, 4.69) is 0 Å². The molecule has 18 heteroatoms. The number of Topliss-reactive ketones (excluding diaryl/α,β-unsaturated/α-hetero) is 1. The predicted octanol–water partition coefficient (Wildman–Crippen LogP) is -0.308. The molecule has 1 fully saturated rings. The molecule has 6 rings (SSSR count). The van der Waals surface area contributed by atoms with Crippen LogP contribution in [0.25, 0.3) is 0 Å². The number of ketones is 3. The first-order valence-electron chi connectivity index (χ1n) is 14.6. The number of rotatable bonds is 5. The van der Waals surface area contributed by atoms with E-state index in [-0.39, 0.29) is 51.6 Å². The summed E-state index contributed by atoms with van der Waals surface area (Å²) in [6.45, 7) is 0.560. The number of nitrogens with zero attached hydrogens (tertiary/aromatic N) is 1. The Morgan fingerprint density at radius 2 is 1.80 bits per heavy atom. The van der Waals surface area contributed by atoms with Crippen LogP contribution in [0.5, 0.6) is 17.2 Å². The largest absolute Gasteiger partial charge is 0.507 e. The molecule has 3 aliphatic rings. The number of carbonyl (C=O) groups is 3. The molecule has 2 heterocycles. The average molecular weight is 710 g/mol. The molecule has 2 aromatic carbocycles. The van der Waals surface area contributed by atoms with Crippen molar-refractivity contribution in [2.24, 2.45) is 5.73 Å². The van der Waals surface area contributed by atoms with E-state index in [1.54, 1.807) is 11.9 Å². The van der Waals surface area contributed by atoms with Crippen molar-refractivity contribution in [2.75, 3.05) is 13.7 Å². The predicted molar refractivity (Wildman–Crippen MR) is 167 cm³/mol. The SMILES string of the molecule is COc1cccc2c1C(=O)c1c(O)c3c(c(O)c1C2=O)C[C@@](O)(C(=O)CO)C[C@@H]3O[C@H]1C[C@H](N)[C@H](O)[C@H](C)O1.Cl.O=c1ccn(F)c(=O)[nH]1. The summed E-state index contributed by atoms with van der Waals surface area (Å²) in [4.78, 5) is 61.6. The summed E-state index contributed by atoms with van der Waals surface area (Å²) in [6, 6.07) is 4.55. The molecule has 6 atom stereocenters. The van der Waals surface area contributed by atoms with Crippen LogP contribution in [0.3, 0.4) is 0 Å². The van der Waals surface area contributed by atoms with Gasteiger partial charge in [-0.1, -0.05) is 16.6 Å². The number of aromatic hydroxyl groups is 2. The highest BCUT2D eigenvalue weighted by Gasteiger charge is 2.50. The number of halogens is 2. The van der Waals surface area contributed by atoms with Gasteiger partial charge < -0.3 is 45.5 Å². The van der Waals surface area contributed by atoms with Gasteiger partial charge in [0.2, 0.25) is 5.78 Å². The Morgan fingerprint density at radius 1 is 1.12 bits per heavy atom. The highest BCUT2D eigenvalue weighted by Crippen LogP contribution is 2.52. The van der Waals surface area contributed by atoms with Crippen LogP contribution in [0.4, 0.5) is 4.48 Å². The van der Waals surface area contributed by atoms with E-state index >= 15 is 0 Å². The monoisotopic (exact) mass is 709 g/mol. The van der Waals surface area contributed by atoms with Crippen molar-refractivity contribution < 1.29 is 58.6 Å². The minimum atomic E-state index is -2.24. The summed E-state index contributed by atoms with van der Waals surface area (Å²) in [6.07, 6.45) is -4.37. The first kappa shape index (κ1) is 37.3. The summed E-state index contributed by atoms with van der Waals surface area (Å²) < 4.78 is 28.9. The maximum absolute atomic E-state index is 13.6. The van der Waals surface area contributed by atoms with Gasteiger partial charge in [0.05, 0.1) is 42.1 Å². The number of carbonyl (C=O) groups excluding carboxylic acids is 3. The number of nitrogens with two attached hydrogens (primary N) is 1. The third kappa shape index (κ3) is 6.61. The van der Waals surface area contributed by atoms with Crippen LogP contribution < -0.4 is 21.7 Å². The van der Waals surface area contributed by atoms with Gasteiger partial charge in [0.25, 0.3) is 5.56 Å². The van der Waals surface area contributed by atoms with Gasteiger partial charge in [-0.15, -0.1) is 17.2 Å². The molecule has 3 aromatic rings. The molecule has 2 aliphatic carbocycles. The fourth-order valence-electron chi connectivity index (χ4n) is 6.15. The Bertz CT molecular complexity index is 1920. The smallest absolute Gasteiger partial charge is 0.356 e. The van der Waals surface area contributed by atoms with Crippen molar-refractivity contribution >= 4 is 29.8 Å². The number of H-pyrrole nitrogens is 1. The lowest BCUT2D eigenvalue weighted by Crippen LogP contribution is -2.53. The normalized spacial score (nSPS) is 25.5. The lowest BCUT2D eigenvalue weighted by atomic mass is 9.72. The number of fused-ring (bicyclic) bond motifs is 3. The first-order chi connectivity index (χ1) is 22.6. The Morgan fingerprint density at radius 3 is 2.39 bits per heavy atom. The van der Waals surface area contributed by atoms with E-state index in [1.165, 1.54) is 25.3 Å². The number of hydrogen-bond acceptors (Lipinski definition) is 14. The fourth-order valence-corrected chi connectivity index (χ4v) is 6.15. The van der Waals surface area contributed by atoms with E-state index in [9.17, 15) is 54.0 Å². The fraction of sp³-hybridized carbons (Fsp3) is 0.387. The van der Waals surface area contributed by atoms with E-state index in [0.29, 0.717) is 0 Å². The van der Waals surface area contributed by atoms with Crippen LogP contribution in [0.2, 0.25) is 0 Å². The van der Waals surface area contributed by atoms with Gasteiger partial charge in [0.1, 0.15) is 29.5 Å². The third-order valence-corrected chi connectivity index (χ3v) is 8.59. The molecule has 0 unspecified atom stereocenters. The Hall–Kier alpha value is -4.49. The Kier molecular flexibility index (Phi) is 10.8. The quantitative estimate of drug-likeness (QED) is 0.131. The van der Waals surface area contributed by atoms with Crippen LogP contribution >= 0.6 is 12.4 Å². The van der Waals surface area contributed by atoms with Crippen LogP contribution in [0, 0.1) is 0 Å². The van der Waals surface area contributed by atoms with E-state index < -0.39 is 107 Å². The number of methoxy groups -OCH3 is 1. The number of phenolic OH excluding ortho intramolecular Hbond substituents is 2. The molecule has 0 saturated carbocycles. The molecule has 1 saturated heterocycles. The number of aromatic nitrogens is 2. The lowest BCUT2D eigenvalue weighted by Gasteiger charge is -2.42. The van der Waals surface area contributed by atoms with Crippen LogP contribution in [0.1, 0.15) is 68.8 Å². The van der Waals surface area contributed by atoms with Crippen molar-refractivity contribution in [3.63, 3.8) is 0 Å². The first-order valence-corrected chi connectivity index (χ1v) is 14.6. The number of aliphatic hydroxyl groups is 3. The number of ether oxygens (including phenoxy) is 3. The molecule has 8 N–H and O–H groups in total. The summed E-state index contributed by atoms with van der Waals surface area (Å²) in [5.74, 6) is -3.77. The van der Waals surface area contributed by atoms with E-state index in [0.717, 1.165) is 12.3 Å². The van der Waals surface area contributed by atoms with Crippen molar-refractivity contribution in [1.29, 1.82) is 0 Å². The molecular formula is C31H33ClFN3O13. The van der Waals surface area contributed by atoms with Crippen molar-refractivity contribution in [3.05, 3.63) is 84.7 Å². The van der Waals surface area contributed by atoms with Crippen molar-refractivity contribution in [2.45, 2.75) is 62.4 Å². The van der Waals surface area contributed by atoms with Crippen LogP contribution in [0.15, 0.2) is 40.1 Å². The lowest BCUT2D eigenvalue weighted by molar-refractivity contribution is -0.247. The summed E-state index contributed by atoms with van der Waals surface area (Å²) >= 11 is 0. The third-order valence-electron chi connectivity index (χ3n) is 8.59. The molecule has 0 spiro atoms. The Labute approximate surface area is 281 Å². The topological polar surface area (TPSA) is 261 Å². The second-order valence-corrected chi connectivity index (χ2v) is 11.6. The van der Waals surface area contributed by atoms with Gasteiger partial charge in [0, 0.05) is 54.3 Å². The zero-order valence-corrected chi connectivity index (χ0v) is 26.7. The molecule has 49 heavy (non-hydrogen) atoms. The van der Waals surface area contributed by atoms with Gasteiger partial charge in [-0.2, -0.15) is 0 Å². The van der Waals surface area contributed by atoms with E-state index in [4.69, 9.17) is 19.9 Å². The minimum Gasteiger partial charge on any atom is -0.507 e. The molecule has 1 aromatic heterocycles. The number of hydrogen-bond donors (Lipinski definition) is 7. The standard InChI is InChI=1S/C27H29NO11.C4H3FN2O2.ClH/c1-10-22(31)13(28)6-17(38-10)39-15-8-27(36,16(30)9-29)7-12-19(15)26(35)21-20(24(12)33)23(32)11-4-3-5-14(37-2)18(11)25(21)34;5-7-2-1-3(8)6-4(7)9;/h3-5,10,13,15,17,22,29,31,33,35-36H,6-9,28H2,1-2H3;1-2H,(H,6,8,9);1H/t10-,13-,15-,17-,22+,27-;;/m0../s1. The van der Waals surface area contributed by atoms with Gasteiger partial charge in [0.15, 0.2) is 17.9 Å². The zero-order chi connectivity index (χ0) is 35.2. The van der Waals surface area contributed by atoms with Crippen molar-refractivity contribution in [3.8, 4) is 17.2 Å². The number of nitrogens with one attached hydrogen (secondary N) is 1. The number of benzene rings is 2. The number of aliphatic hydroxyl groups excluding tert-OH is 2. The summed E-state index contributed by atoms with van der Waals surface area (Å²) in [5, 5.41) is 53.7. The van der Waals surface area contributed by atoms with E-state index in [1.807, 2.05) is 0 Å². The van der Waals surface area contributed by atoms with Gasteiger partial charge in [-0.25, -0.2) is 4.79 Å². The van der Waals surface area contributed by atoms with Crippen LogP contribution in [-0.2, 0) is 20.7 Å². The number of aromatic amines is 1. The molecule has 264 valence electrons. The van der Waals surface area contributed by atoms with Crippen LogP contribution in [-0.4, -0.2) is 96.5 Å². The van der Waals surface area contributed by atoms with Gasteiger partial charge in [-0.05, 0) is 13.0 Å². The molecule has 0 amide bonds. The zero-order valence-electron chi connectivity index (χ0n) is 25.9. The highest BCUT2D eigenvalue weighted by molar-refractivity contribution is 6.31. The second-order valence-electron chi connectivity index (χ2n) is 11.6. The molecule has 1 aliphatic heterocycles. The molecule has 16 nitrogen and oxygen atoms in total. The molecule has 0 bridgehead atoms. The van der Waals surface area contributed by atoms with Crippen molar-refractivity contribution in [1.82, 2.24) is 9.77 Å². The average Bonchev–Trinajstić information content (AvgIpc) is 3.05. The Balaban J connectivity index is 0.000000471. The second kappa shape index (κ2) is 14.2. The minimum absolute atomic E-state index is 0. The maximum atomic E-state index is 13.6. The van der Waals surface area contributed by atoms with Gasteiger partial charge >= 0.3 is 5.69 Å².